The monoisotopic (exact) mass is 597 g/mol. The number of hydrogen-bond acceptors (Lipinski definition) is 4. The van der Waals surface area contributed by atoms with Crippen LogP contribution in [-0.4, -0.2) is 50.5 Å². The van der Waals surface area contributed by atoms with E-state index in [0.29, 0.717) is 15.9 Å². The number of hydrogen-bond donors (Lipinski definition) is 1. The van der Waals surface area contributed by atoms with Crippen molar-refractivity contribution >= 4 is 50.7 Å². The lowest BCUT2D eigenvalue weighted by Crippen LogP contribution is -2.53. The maximum atomic E-state index is 14.0. The van der Waals surface area contributed by atoms with Crippen LogP contribution in [0, 0.1) is 11.6 Å². The van der Waals surface area contributed by atoms with E-state index in [0.717, 1.165) is 24.0 Å². The van der Waals surface area contributed by atoms with E-state index in [1.165, 1.54) is 4.90 Å². The molecule has 0 heterocycles. The maximum Gasteiger partial charge on any atom is 0.244 e. The third kappa shape index (κ3) is 7.90. The summed E-state index contributed by atoms with van der Waals surface area (Å²) in [6.07, 6.45) is 0.937. The number of nitrogens with zero attached hydrogens (tertiary/aromatic N) is 2. The van der Waals surface area contributed by atoms with Gasteiger partial charge in [-0.05, 0) is 36.8 Å². The number of carbonyl (C=O) groups excluding carboxylic acids is 2. The van der Waals surface area contributed by atoms with E-state index >= 15 is 0 Å². The summed E-state index contributed by atoms with van der Waals surface area (Å²) in [5.74, 6) is -3.71. The molecule has 0 bridgehead atoms. The molecule has 0 aliphatic carbocycles. The van der Waals surface area contributed by atoms with Gasteiger partial charge in [0.1, 0.15) is 12.6 Å². The highest BCUT2D eigenvalue weighted by atomic mass is 35.5. The molecule has 3 aromatic carbocycles. The number of likely N-dealkylation sites (N-methyl/N-ethyl adjacent to an activating group) is 1. The number of rotatable bonds is 11. The summed E-state index contributed by atoms with van der Waals surface area (Å²) in [5, 5.41) is 3.21. The zero-order chi connectivity index (χ0) is 28.7. The van der Waals surface area contributed by atoms with Gasteiger partial charge in [0, 0.05) is 41.2 Å². The number of carbonyl (C=O) groups is 2. The zero-order valence-corrected chi connectivity index (χ0v) is 23.5. The molecule has 208 valence electrons. The van der Waals surface area contributed by atoms with Crippen LogP contribution in [0.2, 0.25) is 10.0 Å². The second kappa shape index (κ2) is 13.2. The van der Waals surface area contributed by atoms with Gasteiger partial charge < -0.3 is 10.2 Å². The molecule has 2 amide bonds. The third-order valence-corrected chi connectivity index (χ3v) is 7.73. The van der Waals surface area contributed by atoms with Gasteiger partial charge in [-0.3, -0.25) is 13.9 Å². The molecule has 7 nitrogen and oxygen atoms in total. The van der Waals surface area contributed by atoms with E-state index < -0.39 is 46.1 Å². The fourth-order valence-electron chi connectivity index (χ4n) is 3.95. The van der Waals surface area contributed by atoms with Gasteiger partial charge in [0.05, 0.1) is 11.9 Å². The van der Waals surface area contributed by atoms with Crippen LogP contribution in [0.4, 0.5) is 14.5 Å². The lowest BCUT2D eigenvalue weighted by Gasteiger charge is -2.33. The molecule has 0 saturated heterocycles. The largest absolute Gasteiger partial charge is 0.355 e. The minimum atomic E-state index is -4.14. The standard InChI is InChI=1S/C27H27Cl2F2N3O4S/c1-3-32-27(36)25(14-18-8-5-4-6-9-18)33(16-20-21(28)10-7-11-22(20)29)26(35)17-34(39(2,37)38)19-12-13-23(30)24(31)15-19/h4-13,15,25H,3,14,16-17H2,1-2H3,(H,32,36)/t25-/m1/s1. The molecule has 0 aromatic heterocycles. The average molecular weight is 598 g/mol. The first kappa shape index (κ1) is 30.3. The van der Waals surface area contributed by atoms with E-state index in [4.69, 9.17) is 23.2 Å². The fraction of sp³-hybridized carbons (Fsp3) is 0.259. The average Bonchev–Trinajstić information content (AvgIpc) is 2.88. The quantitative estimate of drug-likeness (QED) is 0.343. The predicted octanol–water partition coefficient (Wildman–Crippen LogP) is 4.81. The second-order valence-corrected chi connectivity index (χ2v) is 11.4. The number of anilines is 1. The Hall–Kier alpha value is -3.21. The molecular formula is C27H27Cl2F2N3O4S. The molecule has 1 atom stereocenters. The Bertz CT molecular complexity index is 1420. The number of halogens is 4. The van der Waals surface area contributed by atoms with E-state index in [1.807, 2.05) is 6.07 Å². The van der Waals surface area contributed by atoms with Crippen LogP contribution in [0.25, 0.3) is 0 Å². The summed E-state index contributed by atoms with van der Waals surface area (Å²) in [6.45, 7) is 0.990. The molecule has 3 aromatic rings. The highest BCUT2D eigenvalue weighted by molar-refractivity contribution is 7.92. The minimum Gasteiger partial charge on any atom is -0.355 e. The van der Waals surface area contributed by atoms with E-state index in [1.54, 1.807) is 49.4 Å². The van der Waals surface area contributed by atoms with Gasteiger partial charge in [0.15, 0.2) is 11.6 Å². The van der Waals surface area contributed by atoms with Crippen LogP contribution < -0.4 is 9.62 Å². The van der Waals surface area contributed by atoms with Crippen molar-refractivity contribution in [3.05, 3.63) is 99.5 Å². The van der Waals surface area contributed by atoms with Crippen LogP contribution >= 0.6 is 23.2 Å². The lowest BCUT2D eigenvalue weighted by atomic mass is 10.0. The fourth-order valence-corrected chi connectivity index (χ4v) is 5.31. The second-order valence-electron chi connectivity index (χ2n) is 8.69. The molecule has 0 radical (unpaired) electrons. The number of sulfonamides is 1. The number of amides is 2. The Labute approximate surface area is 236 Å². The Kier molecular flexibility index (Phi) is 10.3. The van der Waals surface area contributed by atoms with E-state index in [9.17, 15) is 26.8 Å². The van der Waals surface area contributed by atoms with Crippen molar-refractivity contribution in [1.82, 2.24) is 10.2 Å². The highest BCUT2D eigenvalue weighted by Gasteiger charge is 2.33. The normalized spacial score (nSPS) is 12.1. The van der Waals surface area contributed by atoms with Crippen molar-refractivity contribution in [2.45, 2.75) is 25.9 Å². The molecule has 0 spiro atoms. The molecule has 0 saturated carbocycles. The molecule has 0 unspecified atom stereocenters. The van der Waals surface area contributed by atoms with Crippen LogP contribution in [0.15, 0.2) is 66.7 Å². The minimum absolute atomic E-state index is 0.102. The highest BCUT2D eigenvalue weighted by Crippen LogP contribution is 2.28. The Morgan fingerprint density at radius 3 is 2.15 bits per heavy atom. The van der Waals surface area contributed by atoms with Gasteiger partial charge >= 0.3 is 0 Å². The number of benzene rings is 3. The lowest BCUT2D eigenvalue weighted by molar-refractivity contribution is -0.140. The van der Waals surface area contributed by atoms with Crippen molar-refractivity contribution in [3.8, 4) is 0 Å². The van der Waals surface area contributed by atoms with Gasteiger partial charge in [0.25, 0.3) is 0 Å². The first-order chi connectivity index (χ1) is 18.4. The molecule has 0 aliphatic rings. The third-order valence-electron chi connectivity index (χ3n) is 5.88. The van der Waals surface area contributed by atoms with E-state index in [2.05, 4.69) is 5.32 Å². The molecule has 3 rings (SSSR count). The molecule has 0 aliphatic heterocycles. The summed E-state index contributed by atoms with van der Waals surface area (Å²) in [5.41, 5.74) is 0.853. The molecule has 1 N–H and O–H groups in total. The van der Waals surface area contributed by atoms with Crippen LogP contribution in [0.5, 0.6) is 0 Å². The Morgan fingerprint density at radius 1 is 0.949 bits per heavy atom. The SMILES string of the molecule is CCNC(=O)[C@@H](Cc1ccccc1)N(Cc1c(Cl)cccc1Cl)C(=O)CN(c1ccc(F)c(F)c1)S(C)(=O)=O. The van der Waals surface area contributed by atoms with Crippen molar-refractivity contribution < 1.29 is 26.8 Å². The van der Waals surface area contributed by atoms with Crippen LogP contribution in [-0.2, 0) is 32.6 Å². The molecule has 39 heavy (non-hydrogen) atoms. The van der Waals surface area contributed by atoms with Crippen molar-refractivity contribution in [3.63, 3.8) is 0 Å². The van der Waals surface area contributed by atoms with Crippen LogP contribution in [0.3, 0.4) is 0 Å². The predicted molar refractivity (Wildman–Crippen MR) is 148 cm³/mol. The summed E-state index contributed by atoms with van der Waals surface area (Å²) in [7, 11) is -4.14. The molecular weight excluding hydrogens is 571 g/mol. The summed E-state index contributed by atoms with van der Waals surface area (Å²) < 4.78 is 53.5. The topological polar surface area (TPSA) is 86.8 Å². The van der Waals surface area contributed by atoms with Crippen molar-refractivity contribution in [2.24, 2.45) is 0 Å². The first-order valence-corrected chi connectivity index (χ1v) is 14.5. The van der Waals surface area contributed by atoms with E-state index in [-0.39, 0.29) is 35.2 Å². The van der Waals surface area contributed by atoms with Gasteiger partial charge in [-0.2, -0.15) is 0 Å². The van der Waals surface area contributed by atoms with Gasteiger partial charge in [-0.25, -0.2) is 17.2 Å². The van der Waals surface area contributed by atoms with Crippen molar-refractivity contribution in [2.75, 3.05) is 23.7 Å². The van der Waals surface area contributed by atoms with Gasteiger partial charge in [0.2, 0.25) is 21.8 Å². The van der Waals surface area contributed by atoms with Gasteiger partial charge in [-0.15, -0.1) is 0 Å². The first-order valence-electron chi connectivity index (χ1n) is 11.9. The Morgan fingerprint density at radius 2 is 1.59 bits per heavy atom. The smallest absolute Gasteiger partial charge is 0.244 e. The summed E-state index contributed by atoms with van der Waals surface area (Å²) >= 11 is 12.8. The Balaban J connectivity index is 2.09. The maximum absolute atomic E-state index is 14.0. The van der Waals surface area contributed by atoms with Crippen LogP contribution in [0.1, 0.15) is 18.1 Å². The van der Waals surface area contributed by atoms with Gasteiger partial charge in [-0.1, -0.05) is 59.6 Å². The summed E-state index contributed by atoms with van der Waals surface area (Å²) in [4.78, 5) is 28.4. The summed E-state index contributed by atoms with van der Waals surface area (Å²) in [6, 6.07) is 15.2. The number of nitrogens with one attached hydrogen (secondary N) is 1. The molecule has 0 fully saturated rings. The van der Waals surface area contributed by atoms with Crippen molar-refractivity contribution in [1.29, 1.82) is 0 Å². The molecule has 12 heteroatoms. The zero-order valence-electron chi connectivity index (χ0n) is 21.2.